The maximum absolute atomic E-state index is 14.6. The van der Waals surface area contributed by atoms with Crippen LogP contribution in [0, 0.1) is 5.82 Å². The molecule has 0 bridgehead atoms. The molecule has 3 aromatic rings. The van der Waals surface area contributed by atoms with Crippen molar-refractivity contribution in [2.45, 2.75) is 26.5 Å². The minimum absolute atomic E-state index is 0.175. The molecule has 0 saturated carbocycles. The Morgan fingerprint density at radius 2 is 1.85 bits per heavy atom. The molecule has 2 aromatic carbocycles. The lowest BCUT2D eigenvalue weighted by Crippen LogP contribution is -2.04. The summed E-state index contributed by atoms with van der Waals surface area (Å²) in [6, 6.07) is 10.7. The molecule has 0 aliphatic rings. The molecule has 0 fully saturated rings. The van der Waals surface area contributed by atoms with Crippen LogP contribution in [-0.2, 0) is 11.3 Å². The number of nitrogens with zero attached hydrogens (tertiary/aromatic N) is 3. The van der Waals surface area contributed by atoms with E-state index >= 15 is 0 Å². The molecule has 0 radical (unpaired) electrons. The van der Waals surface area contributed by atoms with E-state index in [4.69, 9.17) is 9.47 Å². The molecule has 1 aromatic heterocycles. The van der Waals surface area contributed by atoms with Gasteiger partial charge in [0, 0.05) is 24.3 Å². The second-order valence-corrected chi connectivity index (χ2v) is 6.31. The highest BCUT2D eigenvalue weighted by Crippen LogP contribution is 2.36. The molecule has 26 heavy (non-hydrogen) atoms. The highest BCUT2D eigenvalue weighted by Gasteiger charge is 2.18. The van der Waals surface area contributed by atoms with E-state index in [1.54, 1.807) is 32.7 Å². The second kappa shape index (κ2) is 7.66. The second-order valence-electron chi connectivity index (χ2n) is 6.31. The van der Waals surface area contributed by atoms with E-state index in [1.165, 1.54) is 6.07 Å². The molecule has 0 saturated heterocycles. The molecule has 3 rings (SSSR count). The predicted octanol–water partition coefficient (Wildman–Crippen LogP) is 4.49. The molecule has 0 atom stereocenters. The monoisotopic (exact) mass is 355 g/mol. The number of halogens is 1. The molecule has 0 amide bonds. The van der Waals surface area contributed by atoms with Crippen LogP contribution in [0.1, 0.15) is 25.5 Å². The van der Waals surface area contributed by atoms with Gasteiger partial charge < -0.3 is 14.0 Å². The molecule has 0 aliphatic carbocycles. The van der Waals surface area contributed by atoms with Crippen molar-refractivity contribution in [3.8, 4) is 28.3 Å². The zero-order valence-corrected chi connectivity index (χ0v) is 15.4. The summed E-state index contributed by atoms with van der Waals surface area (Å²) in [7, 11) is 3.21. The summed E-state index contributed by atoms with van der Waals surface area (Å²) < 4.78 is 27.1. The third kappa shape index (κ3) is 3.46. The first-order valence-electron chi connectivity index (χ1n) is 8.40. The highest BCUT2D eigenvalue weighted by atomic mass is 19.1. The lowest BCUT2D eigenvalue weighted by atomic mass is 9.96. The van der Waals surface area contributed by atoms with E-state index in [1.807, 2.05) is 22.8 Å². The highest BCUT2D eigenvalue weighted by molar-refractivity contribution is 5.82. The van der Waals surface area contributed by atoms with Crippen LogP contribution in [-0.4, -0.2) is 29.0 Å². The van der Waals surface area contributed by atoms with Gasteiger partial charge in [0.05, 0.1) is 13.7 Å². The van der Waals surface area contributed by atoms with Crippen molar-refractivity contribution in [3.63, 3.8) is 0 Å². The van der Waals surface area contributed by atoms with E-state index in [-0.39, 0.29) is 11.9 Å². The molecular weight excluding hydrogens is 333 g/mol. The Hall–Kier alpha value is -2.73. The lowest BCUT2D eigenvalue weighted by molar-refractivity contribution is 0.185. The van der Waals surface area contributed by atoms with Gasteiger partial charge in [0.1, 0.15) is 17.9 Å². The Balaban J connectivity index is 2.24. The smallest absolute Gasteiger partial charge is 0.164 e. The maximum atomic E-state index is 14.6. The van der Waals surface area contributed by atoms with Crippen LogP contribution in [0.25, 0.3) is 22.5 Å². The lowest BCUT2D eigenvalue weighted by Gasteiger charge is -2.16. The zero-order chi connectivity index (χ0) is 18.7. The van der Waals surface area contributed by atoms with Gasteiger partial charge in [-0.05, 0) is 49.2 Å². The fraction of sp³-hybridized carbons (Fsp3) is 0.300. The fourth-order valence-corrected chi connectivity index (χ4v) is 2.92. The van der Waals surface area contributed by atoms with Gasteiger partial charge in [-0.15, -0.1) is 10.2 Å². The average Bonchev–Trinajstić information content (AvgIpc) is 3.12. The number of benzene rings is 2. The van der Waals surface area contributed by atoms with E-state index in [9.17, 15) is 4.39 Å². The van der Waals surface area contributed by atoms with Gasteiger partial charge in [-0.1, -0.05) is 12.1 Å². The third-order valence-electron chi connectivity index (χ3n) is 4.23. The van der Waals surface area contributed by atoms with Gasteiger partial charge >= 0.3 is 0 Å². The molecule has 5 nitrogen and oxygen atoms in total. The first kappa shape index (κ1) is 18.1. The van der Waals surface area contributed by atoms with E-state index < -0.39 is 0 Å². The maximum Gasteiger partial charge on any atom is 0.164 e. The quantitative estimate of drug-likeness (QED) is 0.654. The van der Waals surface area contributed by atoms with E-state index in [0.29, 0.717) is 23.7 Å². The topological polar surface area (TPSA) is 49.2 Å². The van der Waals surface area contributed by atoms with Crippen molar-refractivity contribution in [3.05, 3.63) is 54.1 Å². The van der Waals surface area contributed by atoms with Gasteiger partial charge in [0.15, 0.2) is 5.82 Å². The molecule has 0 N–H and O–H groups in total. The number of methoxy groups -OCH3 is 2. The Morgan fingerprint density at radius 1 is 1.04 bits per heavy atom. The van der Waals surface area contributed by atoms with Crippen molar-refractivity contribution in [1.29, 1.82) is 0 Å². The van der Waals surface area contributed by atoms with Crippen molar-refractivity contribution < 1.29 is 13.9 Å². The zero-order valence-electron chi connectivity index (χ0n) is 15.4. The summed E-state index contributed by atoms with van der Waals surface area (Å²) in [5.74, 6) is 0.968. The summed E-state index contributed by atoms with van der Waals surface area (Å²) >= 11 is 0. The van der Waals surface area contributed by atoms with Crippen molar-refractivity contribution >= 4 is 0 Å². The number of hydrogen-bond donors (Lipinski definition) is 0. The molecule has 1 heterocycles. The molecule has 136 valence electrons. The molecular formula is C20H22FN3O2. The van der Waals surface area contributed by atoms with E-state index in [0.717, 1.165) is 16.7 Å². The van der Waals surface area contributed by atoms with Crippen LogP contribution in [0.15, 0.2) is 42.7 Å². The Morgan fingerprint density at radius 3 is 2.54 bits per heavy atom. The average molecular weight is 355 g/mol. The van der Waals surface area contributed by atoms with Crippen LogP contribution < -0.4 is 4.74 Å². The Kier molecular flexibility index (Phi) is 5.32. The molecule has 6 heteroatoms. The largest absolute Gasteiger partial charge is 0.497 e. The van der Waals surface area contributed by atoms with Crippen LogP contribution in [0.3, 0.4) is 0 Å². The van der Waals surface area contributed by atoms with Crippen molar-refractivity contribution in [2.75, 3.05) is 14.2 Å². The summed E-state index contributed by atoms with van der Waals surface area (Å²) in [4.78, 5) is 0. The van der Waals surface area contributed by atoms with Crippen LogP contribution >= 0.6 is 0 Å². The third-order valence-corrected chi connectivity index (χ3v) is 4.23. The summed E-state index contributed by atoms with van der Waals surface area (Å²) in [5.41, 5.74) is 2.98. The Labute approximate surface area is 152 Å². The first-order chi connectivity index (χ1) is 12.5. The van der Waals surface area contributed by atoms with Crippen LogP contribution in [0.2, 0.25) is 0 Å². The van der Waals surface area contributed by atoms with Crippen molar-refractivity contribution in [2.24, 2.45) is 0 Å². The van der Waals surface area contributed by atoms with Gasteiger partial charge in [-0.2, -0.15) is 0 Å². The van der Waals surface area contributed by atoms with Crippen molar-refractivity contribution in [1.82, 2.24) is 14.8 Å². The van der Waals surface area contributed by atoms with Gasteiger partial charge in [-0.3, -0.25) is 0 Å². The first-order valence-corrected chi connectivity index (χ1v) is 8.40. The van der Waals surface area contributed by atoms with Gasteiger partial charge in [0.25, 0.3) is 0 Å². The van der Waals surface area contributed by atoms with Gasteiger partial charge in [0.2, 0.25) is 0 Å². The summed E-state index contributed by atoms with van der Waals surface area (Å²) in [5, 5.41) is 8.34. The molecule has 0 spiro atoms. The van der Waals surface area contributed by atoms with Crippen LogP contribution in [0.4, 0.5) is 4.39 Å². The number of hydrogen-bond acceptors (Lipinski definition) is 4. The summed E-state index contributed by atoms with van der Waals surface area (Å²) in [6.45, 7) is 4.57. The molecule has 0 unspecified atom stereocenters. The Bertz CT molecular complexity index is 906. The minimum atomic E-state index is -0.317. The normalized spacial score (nSPS) is 11.2. The summed E-state index contributed by atoms with van der Waals surface area (Å²) in [6.07, 6.45) is 1.69. The predicted molar refractivity (Wildman–Crippen MR) is 98.5 cm³/mol. The number of rotatable bonds is 6. The SMILES string of the molecule is COCc1ccc(-c2cc(OC)ccc2F)c(-c2nncn2C(C)C)c1. The van der Waals surface area contributed by atoms with E-state index in [2.05, 4.69) is 24.0 Å². The fourth-order valence-electron chi connectivity index (χ4n) is 2.92. The number of ether oxygens (including phenoxy) is 2. The minimum Gasteiger partial charge on any atom is -0.497 e. The number of aromatic nitrogens is 3. The standard InChI is InChI=1S/C20H22FN3O2/c1-13(2)24-12-22-23-20(24)18-9-14(11-25-3)5-7-16(18)17-10-15(26-4)6-8-19(17)21/h5-10,12-13H,11H2,1-4H3. The van der Waals surface area contributed by atoms with Crippen LogP contribution in [0.5, 0.6) is 5.75 Å². The van der Waals surface area contributed by atoms with Gasteiger partial charge in [-0.25, -0.2) is 4.39 Å². The molecule has 0 aliphatic heterocycles.